The Bertz CT molecular complexity index is 1020. The first-order valence-electron chi connectivity index (χ1n) is 8.47. The number of fused-ring (bicyclic) bond motifs is 1. The first kappa shape index (κ1) is 16.6. The second kappa shape index (κ2) is 6.82. The molecule has 0 bridgehead atoms. The van der Waals surface area contributed by atoms with Gasteiger partial charge in [-0.05, 0) is 31.5 Å². The highest BCUT2D eigenvalue weighted by Gasteiger charge is 2.31. The Labute approximate surface area is 153 Å². The van der Waals surface area contributed by atoms with Crippen molar-refractivity contribution in [2.75, 3.05) is 0 Å². The average Bonchev–Trinajstić information content (AvgIpc) is 2.68. The maximum Gasteiger partial charge on any atom is 0.195 e. The minimum absolute atomic E-state index is 0.0456. The molecule has 0 amide bonds. The molecule has 0 radical (unpaired) electrons. The van der Waals surface area contributed by atoms with Gasteiger partial charge in [-0.3, -0.25) is 9.59 Å². The molecule has 0 fully saturated rings. The number of hydrogen-bond acceptors (Lipinski definition) is 2. The molecule has 26 heavy (non-hydrogen) atoms. The van der Waals surface area contributed by atoms with Gasteiger partial charge in [-0.1, -0.05) is 84.4 Å². The normalized spacial score (nSPS) is 14.6. The minimum Gasteiger partial charge on any atom is -0.289 e. The summed E-state index contributed by atoms with van der Waals surface area (Å²) in [5.74, 6) is -0.138. The lowest BCUT2D eigenvalue weighted by Gasteiger charge is -2.24. The second-order valence-electron chi connectivity index (χ2n) is 6.28. The van der Waals surface area contributed by atoms with Crippen molar-refractivity contribution in [3.8, 4) is 0 Å². The van der Waals surface area contributed by atoms with E-state index >= 15 is 0 Å². The second-order valence-corrected chi connectivity index (χ2v) is 8.46. The monoisotopic (exact) mass is 356 g/mol. The van der Waals surface area contributed by atoms with E-state index in [-0.39, 0.29) is 11.6 Å². The van der Waals surface area contributed by atoms with Gasteiger partial charge in [0.2, 0.25) is 0 Å². The van der Waals surface area contributed by atoms with Crippen molar-refractivity contribution in [3.05, 3.63) is 107 Å². The van der Waals surface area contributed by atoms with Crippen LogP contribution in [-0.2, 0) is 0 Å². The fourth-order valence-corrected chi connectivity index (χ4v) is 5.51. The maximum atomic E-state index is 13.2. The van der Waals surface area contributed by atoms with Crippen LogP contribution in [0.1, 0.15) is 26.3 Å². The molecule has 0 aromatic heterocycles. The maximum absolute atomic E-state index is 13.2. The van der Waals surface area contributed by atoms with Crippen LogP contribution in [0.2, 0.25) is 0 Å². The van der Waals surface area contributed by atoms with Gasteiger partial charge in [-0.15, -0.1) is 0 Å². The third kappa shape index (κ3) is 2.94. The van der Waals surface area contributed by atoms with Gasteiger partial charge in [0, 0.05) is 16.4 Å². The Morgan fingerprint density at radius 2 is 1.23 bits per heavy atom. The molecule has 1 aliphatic carbocycles. The lowest BCUT2D eigenvalue weighted by Crippen LogP contribution is -2.22. The van der Waals surface area contributed by atoms with Gasteiger partial charge in [0.05, 0.1) is 0 Å². The van der Waals surface area contributed by atoms with Gasteiger partial charge in [0.15, 0.2) is 11.6 Å². The fraction of sp³-hybridized carbons (Fsp3) is 0.0435. The van der Waals surface area contributed by atoms with Crippen LogP contribution in [-0.4, -0.2) is 11.6 Å². The van der Waals surface area contributed by atoms with Crippen molar-refractivity contribution in [3.63, 3.8) is 0 Å². The molecule has 1 atom stereocenters. The zero-order valence-corrected chi connectivity index (χ0v) is 15.2. The predicted octanol–water partition coefficient (Wildman–Crippen LogP) is 4.39. The number of carbonyl (C=O) groups is 2. The third-order valence-electron chi connectivity index (χ3n) is 4.49. The molecule has 1 unspecified atom stereocenters. The lowest BCUT2D eigenvalue weighted by molar-refractivity contribution is 0.0991. The molecule has 3 heteroatoms. The van der Waals surface area contributed by atoms with Crippen molar-refractivity contribution in [2.45, 2.75) is 6.92 Å². The highest BCUT2D eigenvalue weighted by Crippen LogP contribution is 2.46. The number of carbonyl (C=O) groups excluding carboxylic acids is 2. The van der Waals surface area contributed by atoms with Crippen LogP contribution in [0.5, 0.6) is 0 Å². The summed E-state index contributed by atoms with van der Waals surface area (Å²) >= 11 is 0. The molecule has 0 saturated carbocycles. The Morgan fingerprint density at radius 3 is 1.92 bits per heavy atom. The first-order valence-corrected chi connectivity index (χ1v) is 9.81. The fourth-order valence-electron chi connectivity index (χ4n) is 3.17. The Balaban J connectivity index is 1.89. The van der Waals surface area contributed by atoms with Crippen molar-refractivity contribution in [1.82, 2.24) is 0 Å². The van der Waals surface area contributed by atoms with E-state index in [2.05, 4.69) is 24.3 Å². The van der Waals surface area contributed by atoms with Crippen molar-refractivity contribution in [1.29, 1.82) is 0 Å². The van der Waals surface area contributed by atoms with Gasteiger partial charge >= 0.3 is 0 Å². The first-order chi connectivity index (χ1) is 12.6. The van der Waals surface area contributed by atoms with E-state index in [9.17, 15) is 9.59 Å². The van der Waals surface area contributed by atoms with Crippen LogP contribution in [0, 0.1) is 6.92 Å². The highest BCUT2D eigenvalue weighted by molar-refractivity contribution is 7.78. The summed E-state index contributed by atoms with van der Waals surface area (Å²) in [6.45, 7) is 2.04. The van der Waals surface area contributed by atoms with Crippen LogP contribution < -0.4 is 10.6 Å². The van der Waals surface area contributed by atoms with Gasteiger partial charge in [-0.25, -0.2) is 0 Å². The summed E-state index contributed by atoms with van der Waals surface area (Å²) in [4.78, 5) is 25.9. The molecule has 0 aliphatic heterocycles. The lowest BCUT2D eigenvalue weighted by atomic mass is 9.95. The summed E-state index contributed by atoms with van der Waals surface area (Å²) in [7, 11) is -1.08. The molecule has 0 heterocycles. The van der Waals surface area contributed by atoms with E-state index in [1.807, 2.05) is 43.3 Å². The van der Waals surface area contributed by atoms with Crippen LogP contribution in [0.3, 0.4) is 0 Å². The summed E-state index contributed by atoms with van der Waals surface area (Å²) in [6, 6.07) is 25.3. The minimum atomic E-state index is -1.08. The van der Waals surface area contributed by atoms with E-state index in [1.165, 1.54) is 5.56 Å². The molecular weight excluding hydrogens is 339 g/mol. The zero-order chi connectivity index (χ0) is 18.1. The Kier molecular flexibility index (Phi) is 4.36. The molecular formula is C23H17O2P. The van der Waals surface area contributed by atoms with Crippen LogP contribution in [0.4, 0.5) is 0 Å². The number of benzene rings is 3. The summed E-state index contributed by atoms with van der Waals surface area (Å²) in [6.07, 6.45) is 1.54. The Morgan fingerprint density at radius 1 is 0.654 bits per heavy atom. The van der Waals surface area contributed by atoms with E-state index in [1.54, 1.807) is 24.3 Å². The standard InChI is InChI=1S/C23H17O2P/c1-16-11-13-18(14-12-16)26(17-7-3-2-4-8-17)22-15-21(24)19-9-5-6-10-20(19)23(22)25/h2-15H,1H3. The number of rotatable bonds is 3. The SMILES string of the molecule is Cc1ccc(P(C2=CC(=O)c3ccccc3C2=O)c2ccccc2)cc1. The van der Waals surface area contributed by atoms with Crippen molar-refractivity contribution in [2.24, 2.45) is 0 Å². The molecule has 3 aromatic rings. The topological polar surface area (TPSA) is 34.1 Å². The molecule has 126 valence electrons. The smallest absolute Gasteiger partial charge is 0.195 e. The predicted molar refractivity (Wildman–Crippen MR) is 107 cm³/mol. The number of hydrogen-bond donors (Lipinski definition) is 0. The van der Waals surface area contributed by atoms with E-state index in [4.69, 9.17) is 0 Å². The largest absolute Gasteiger partial charge is 0.289 e. The molecule has 0 spiro atoms. The van der Waals surface area contributed by atoms with Crippen LogP contribution >= 0.6 is 7.92 Å². The number of Topliss-reactive ketones (excluding diaryl/α,β-unsaturated/α-hetero) is 1. The average molecular weight is 356 g/mol. The van der Waals surface area contributed by atoms with Crippen molar-refractivity contribution < 1.29 is 9.59 Å². The zero-order valence-electron chi connectivity index (χ0n) is 14.3. The van der Waals surface area contributed by atoms with Gasteiger partial charge in [0.25, 0.3) is 0 Å². The highest BCUT2D eigenvalue weighted by atomic mass is 31.1. The van der Waals surface area contributed by atoms with Gasteiger partial charge in [0.1, 0.15) is 0 Å². The van der Waals surface area contributed by atoms with Gasteiger partial charge < -0.3 is 0 Å². The molecule has 0 saturated heterocycles. The number of aryl methyl sites for hydroxylation is 1. The summed E-state index contributed by atoms with van der Waals surface area (Å²) in [5, 5.41) is 2.74. The third-order valence-corrected chi connectivity index (χ3v) is 6.93. The van der Waals surface area contributed by atoms with E-state index in [0.717, 1.165) is 10.6 Å². The Hall–Kier alpha value is -2.83. The molecule has 0 N–H and O–H groups in total. The molecule has 3 aromatic carbocycles. The number of ketones is 2. The molecule has 1 aliphatic rings. The quantitative estimate of drug-likeness (QED) is 0.652. The summed E-state index contributed by atoms with van der Waals surface area (Å²) in [5.41, 5.74) is 2.17. The molecule has 4 rings (SSSR count). The number of allylic oxidation sites excluding steroid dienone is 2. The van der Waals surface area contributed by atoms with E-state index < -0.39 is 7.92 Å². The molecule has 2 nitrogen and oxygen atoms in total. The van der Waals surface area contributed by atoms with E-state index in [0.29, 0.717) is 16.4 Å². The summed E-state index contributed by atoms with van der Waals surface area (Å²) < 4.78 is 0. The van der Waals surface area contributed by atoms with Crippen LogP contribution in [0.25, 0.3) is 0 Å². The van der Waals surface area contributed by atoms with Gasteiger partial charge in [-0.2, -0.15) is 0 Å². The van der Waals surface area contributed by atoms with Crippen LogP contribution in [0.15, 0.2) is 90.3 Å². The van der Waals surface area contributed by atoms with Crippen molar-refractivity contribution >= 4 is 30.1 Å².